The van der Waals surface area contributed by atoms with Gasteiger partial charge < -0.3 is 20.4 Å². The highest BCUT2D eigenvalue weighted by Crippen LogP contribution is 2.15. The lowest BCUT2D eigenvalue weighted by atomic mass is 9.96. The Hall–Kier alpha value is -3.00. The first kappa shape index (κ1) is 18.1. The number of carboxylic acids is 3. The van der Waals surface area contributed by atoms with Crippen LogP contribution in [0.2, 0.25) is 0 Å². The van der Waals surface area contributed by atoms with E-state index in [4.69, 9.17) is 20.4 Å². The number of aliphatic carboxylic acids is 3. The molecule has 0 unspecified atom stereocenters. The van der Waals surface area contributed by atoms with E-state index in [0.717, 1.165) is 0 Å². The Bertz CT molecular complexity index is 632. The van der Waals surface area contributed by atoms with Crippen molar-refractivity contribution in [1.29, 1.82) is 0 Å². The minimum atomic E-state index is -2.74. The number of hydrogen-bond donors (Lipinski definition) is 4. The Kier molecular flexibility index (Phi) is 6.16. The lowest BCUT2D eigenvalue weighted by Crippen LogP contribution is -2.42. The second-order valence-electron chi connectivity index (χ2n) is 4.70. The molecule has 2 rings (SSSR count). The van der Waals surface area contributed by atoms with Gasteiger partial charge in [0.05, 0.1) is 12.8 Å². The summed E-state index contributed by atoms with van der Waals surface area (Å²) in [5.74, 6) is -5.02. The van der Waals surface area contributed by atoms with E-state index in [-0.39, 0.29) is 0 Å². The molecule has 0 saturated heterocycles. The van der Waals surface area contributed by atoms with Crippen LogP contribution in [0.5, 0.6) is 0 Å². The summed E-state index contributed by atoms with van der Waals surface area (Å²) in [6, 6.07) is 10.2. The predicted octanol–water partition coefficient (Wildman–Crippen LogP) is 0.986. The zero-order chi connectivity index (χ0) is 17.5. The van der Waals surface area contributed by atoms with Crippen LogP contribution in [0.25, 0.3) is 10.8 Å². The SMILES string of the molecule is O=C(O)CC(O)(CC(=O)O)C(=O)O.c1ccc2cnccc2c1. The molecule has 0 bridgehead atoms. The molecule has 122 valence electrons. The average Bonchev–Trinajstić information content (AvgIpc) is 2.46. The van der Waals surface area contributed by atoms with Gasteiger partial charge in [0.25, 0.3) is 0 Å². The van der Waals surface area contributed by atoms with E-state index in [2.05, 4.69) is 17.1 Å². The van der Waals surface area contributed by atoms with Crippen molar-refractivity contribution in [1.82, 2.24) is 4.98 Å². The van der Waals surface area contributed by atoms with Crippen LogP contribution in [0.4, 0.5) is 0 Å². The molecule has 1 aromatic heterocycles. The molecule has 0 radical (unpaired) electrons. The lowest BCUT2D eigenvalue weighted by Gasteiger charge is -2.18. The van der Waals surface area contributed by atoms with Crippen molar-refractivity contribution in [2.75, 3.05) is 0 Å². The fraction of sp³-hybridized carbons (Fsp3) is 0.200. The normalized spacial score (nSPS) is 10.5. The zero-order valence-corrected chi connectivity index (χ0v) is 11.9. The molecule has 0 fully saturated rings. The molecular weight excluding hydrogens is 306 g/mol. The summed E-state index contributed by atoms with van der Waals surface area (Å²) in [5.41, 5.74) is -2.74. The van der Waals surface area contributed by atoms with Crippen molar-refractivity contribution in [3.05, 3.63) is 42.7 Å². The van der Waals surface area contributed by atoms with E-state index in [1.54, 1.807) is 0 Å². The second-order valence-corrected chi connectivity index (χ2v) is 4.70. The summed E-state index contributed by atoms with van der Waals surface area (Å²) in [6.45, 7) is 0. The molecular formula is C15H15NO7. The van der Waals surface area contributed by atoms with Gasteiger partial charge in [-0.3, -0.25) is 14.6 Å². The van der Waals surface area contributed by atoms with Gasteiger partial charge in [-0.2, -0.15) is 0 Å². The number of aromatic nitrogens is 1. The maximum absolute atomic E-state index is 10.3. The van der Waals surface area contributed by atoms with E-state index >= 15 is 0 Å². The monoisotopic (exact) mass is 321 g/mol. The minimum Gasteiger partial charge on any atom is -0.481 e. The zero-order valence-electron chi connectivity index (χ0n) is 11.9. The van der Waals surface area contributed by atoms with Gasteiger partial charge >= 0.3 is 17.9 Å². The van der Waals surface area contributed by atoms with E-state index in [1.807, 2.05) is 30.6 Å². The van der Waals surface area contributed by atoms with Crippen LogP contribution in [-0.4, -0.2) is 48.9 Å². The van der Waals surface area contributed by atoms with Crippen LogP contribution in [0.3, 0.4) is 0 Å². The lowest BCUT2D eigenvalue weighted by molar-refractivity contribution is -0.170. The van der Waals surface area contributed by atoms with Gasteiger partial charge in [-0.25, -0.2) is 4.79 Å². The van der Waals surface area contributed by atoms with Gasteiger partial charge in [-0.15, -0.1) is 0 Å². The molecule has 23 heavy (non-hydrogen) atoms. The third-order valence-corrected chi connectivity index (χ3v) is 2.84. The fourth-order valence-corrected chi connectivity index (χ4v) is 1.74. The summed E-state index contributed by atoms with van der Waals surface area (Å²) < 4.78 is 0. The molecule has 4 N–H and O–H groups in total. The summed E-state index contributed by atoms with van der Waals surface area (Å²) in [5, 5.41) is 36.3. The molecule has 0 amide bonds. The summed E-state index contributed by atoms with van der Waals surface area (Å²) in [7, 11) is 0. The van der Waals surface area contributed by atoms with Crippen LogP contribution in [-0.2, 0) is 14.4 Å². The van der Waals surface area contributed by atoms with Crippen molar-refractivity contribution in [3.63, 3.8) is 0 Å². The van der Waals surface area contributed by atoms with Gasteiger partial charge in [0, 0.05) is 12.4 Å². The smallest absolute Gasteiger partial charge is 0.336 e. The molecule has 0 spiro atoms. The van der Waals surface area contributed by atoms with Crippen LogP contribution in [0, 0.1) is 0 Å². The highest BCUT2D eigenvalue weighted by molar-refractivity contribution is 5.88. The Morgan fingerprint density at radius 1 is 0.913 bits per heavy atom. The molecule has 1 aromatic carbocycles. The molecule has 8 nitrogen and oxygen atoms in total. The third kappa shape index (κ3) is 5.71. The first-order valence-corrected chi connectivity index (χ1v) is 6.43. The number of aliphatic hydroxyl groups is 1. The maximum atomic E-state index is 10.3. The van der Waals surface area contributed by atoms with Gasteiger partial charge in [-0.05, 0) is 16.8 Å². The number of carbonyl (C=O) groups is 3. The highest BCUT2D eigenvalue weighted by atomic mass is 16.4. The average molecular weight is 321 g/mol. The van der Waals surface area contributed by atoms with Crippen molar-refractivity contribution in [3.8, 4) is 0 Å². The third-order valence-electron chi connectivity index (χ3n) is 2.84. The topological polar surface area (TPSA) is 145 Å². The summed E-state index contributed by atoms with van der Waals surface area (Å²) >= 11 is 0. The number of fused-ring (bicyclic) bond motifs is 1. The molecule has 0 atom stereocenters. The summed E-state index contributed by atoms with van der Waals surface area (Å²) in [4.78, 5) is 34.5. The number of carboxylic acid groups (broad SMARTS) is 3. The number of benzene rings is 1. The molecule has 2 aromatic rings. The van der Waals surface area contributed by atoms with Crippen LogP contribution in [0.15, 0.2) is 42.7 Å². The summed E-state index contributed by atoms with van der Waals surface area (Å²) in [6.07, 6.45) is 1.39. The Morgan fingerprint density at radius 3 is 1.87 bits per heavy atom. The van der Waals surface area contributed by atoms with Crippen molar-refractivity contribution >= 4 is 28.7 Å². The number of pyridine rings is 1. The molecule has 1 heterocycles. The standard InChI is InChI=1S/C9H7N.C6H8O7/c1-2-4-9-7-10-6-5-8(9)3-1;7-3(8)1-6(13,5(11)12)2-4(9)10/h1-7H;13H,1-2H2,(H,7,8)(H,9,10)(H,11,12). The first-order valence-electron chi connectivity index (χ1n) is 6.43. The predicted molar refractivity (Wildman–Crippen MR) is 78.8 cm³/mol. The van der Waals surface area contributed by atoms with Crippen molar-refractivity contribution in [2.45, 2.75) is 18.4 Å². The van der Waals surface area contributed by atoms with Gasteiger partial charge in [0.2, 0.25) is 0 Å². The van der Waals surface area contributed by atoms with E-state index in [0.29, 0.717) is 0 Å². The fourth-order valence-electron chi connectivity index (χ4n) is 1.74. The van der Waals surface area contributed by atoms with Crippen LogP contribution in [0.1, 0.15) is 12.8 Å². The molecule has 0 aliphatic carbocycles. The molecule has 0 aliphatic rings. The molecule has 8 heteroatoms. The Balaban J connectivity index is 0.000000235. The van der Waals surface area contributed by atoms with E-state index < -0.39 is 36.4 Å². The number of rotatable bonds is 5. The second kappa shape index (κ2) is 7.85. The number of hydrogen-bond acceptors (Lipinski definition) is 5. The quantitative estimate of drug-likeness (QED) is 0.637. The largest absolute Gasteiger partial charge is 0.481 e. The van der Waals surface area contributed by atoms with Crippen molar-refractivity contribution in [2.24, 2.45) is 0 Å². The van der Waals surface area contributed by atoms with Crippen LogP contribution >= 0.6 is 0 Å². The van der Waals surface area contributed by atoms with Gasteiger partial charge in [0.15, 0.2) is 5.60 Å². The van der Waals surface area contributed by atoms with Gasteiger partial charge in [0.1, 0.15) is 0 Å². The van der Waals surface area contributed by atoms with E-state index in [9.17, 15) is 14.4 Å². The number of nitrogens with zero attached hydrogens (tertiary/aromatic N) is 1. The maximum Gasteiger partial charge on any atom is 0.336 e. The van der Waals surface area contributed by atoms with E-state index in [1.165, 1.54) is 10.8 Å². The minimum absolute atomic E-state index is 1.14. The van der Waals surface area contributed by atoms with Gasteiger partial charge in [-0.1, -0.05) is 24.3 Å². The molecule has 0 saturated carbocycles. The molecule has 0 aliphatic heterocycles. The first-order chi connectivity index (χ1) is 10.7. The Morgan fingerprint density at radius 2 is 1.43 bits per heavy atom. The van der Waals surface area contributed by atoms with Crippen LogP contribution < -0.4 is 0 Å². The van der Waals surface area contributed by atoms with Crippen molar-refractivity contribution < 1.29 is 34.8 Å². The Labute approximate surface area is 130 Å². The highest BCUT2D eigenvalue weighted by Gasteiger charge is 2.40.